The standard InChI is InChI=1S/C12H18O3/c1-15-11(14)12-6-3-2-4-9(12)8-10(13)5-7-12/h9H,2-8H2,1H3/t9?,12-/m0/s1. The van der Waals surface area contributed by atoms with Crippen LogP contribution < -0.4 is 0 Å². The van der Waals surface area contributed by atoms with E-state index < -0.39 is 0 Å². The van der Waals surface area contributed by atoms with Gasteiger partial charge in [-0.3, -0.25) is 9.59 Å². The van der Waals surface area contributed by atoms with Crippen LogP contribution in [0.1, 0.15) is 44.9 Å². The molecule has 0 aliphatic heterocycles. The molecule has 0 bridgehead atoms. The molecule has 0 aromatic carbocycles. The maximum absolute atomic E-state index is 11.9. The molecule has 0 N–H and O–H groups in total. The SMILES string of the molecule is COC(=O)[C@]12CCCCC1CC(=O)CC2. The van der Waals surface area contributed by atoms with Gasteiger partial charge in [0.1, 0.15) is 5.78 Å². The highest BCUT2D eigenvalue weighted by Crippen LogP contribution is 2.50. The summed E-state index contributed by atoms with van der Waals surface area (Å²) in [6, 6.07) is 0. The maximum atomic E-state index is 11.9. The topological polar surface area (TPSA) is 43.4 Å². The zero-order valence-corrected chi connectivity index (χ0v) is 9.25. The highest BCUT2D eigenvalue weighted by molar-refractivity contribution is 5.85. The molecule has 3 heteroatoms. The second-order valence-corrected chi connectivity index (χ2v) is 4.83. The lowest BCUT2D eigenvalue weighted by Gasteiger charge is -2.44. The van der Waals surface area contributed by atoms with Crippen LogP contribution in [0, 0.1) is 11.3 Å². The molecule has 2 saturated carbocycles. The fourth-order valence-electron chi connectivity index (χ4n) is 3.25. The number of ether oxygens (including phenoxy) is 1. The van der Waals surface area contributed by atoms with Crippen molar-refractivity contribution in [1.82, 2.24) is 0 Å². The molecular formula is C12H18O3. The Balaban J connectivity index is 2.23. The molecule has 2 rings (SSSR count). The van der Waals surface area contributed by atoms with Crippen molar-refractivity contribution >= 4 is 11.8 Å². The van der Waals surface area contributed by atoms with Gasteiger partial charge in [0.2, 0.25) is 0 Å². The lowest BCUT2D eigenvalue weighted by Crippen LogP contribution is -2.45. The summed E-state index contributed by atoms with van der Waals surface area (Å²) in [4.78, 5) is 23.3. The molecule has 2 fully saturated rings. The van der Waals surface area contributed by atoms with Crippen LogP contribution in [0.5, 0.6) is 0 Å². The summed E-state index contributed by atoms with van der Waals surface area (Å²) >= 11 is 0. The van der Waals surface area contributed by atoms with Crippen LogP contribution in [-0.4, -0.2) is 18.9 Å². The molecule has 0 saturated heterocycles. The van der Waals surface area contributed by atoms with E-state index in [9.17, 15) is 9.59 Å². The lowest BCUT2D eigenvalue weighted by atomic mass is 9.59. The van der Waals surface area contributed by atoms with Gasteiger partial charge in [-0.2, -0.15) is 0 Å². The Morgan fingerprint density at radius 1 is 1.40 bits per heavy atom. The fourth-order valence-corrected chi connectivity index (χ4v) is 3.25. The van der Waals surface area contributed by atoms with Gasteiger partial charge in [-0.25, -0.2) is 0 Å². The van der Waals surface area contributed by atoms with E-state index in [1.54, 1.807) is 0 Å². The van der Waals surface area contributed by atoms with Crippen LogP contribution in [0.15, 0.2) is 0 Å². The number of carbonyl (C=O) groups is 2. The smallest absolute Gasteiger partial charge is 0.312 e. The number of esters is 1. The lowest BCUT2D eigenvalue weighted by molar-refractivity contribution is -0.163. The zero-order valence-electron chi connectivity index (χ0n) is 9.25. The number of hydrogen-bond donors (Lipinski definition) is 0. The van der Waals surface area contributed by atoms with E-state index in [0.29, 0.717) is 25.0 Å². The molecule has 1 unspecified atom stereocenters. The summed E-state index contributed by atoms with van der Waals surface area (Å²) in [5, 5.41) is 0. The Morgan fingerprint density at radius 2 is 2.20 bits per heavy atom. The van der Waals surface area contributed by atoms with E-state index in [1.165, 1.54) is 7.11 Å². The van der Waals surface area contributed by atoms with Crippen molar-refractivity contribution in [2.45, 2.75) is 44.9 Å². The van der Waals surface area contributed by atoms with Gasteiger partial charge in [0.05, 0.1) is 12.5 Å². The van der Waals surface area contributed by atoms with Crippen LogP contribution >= 0.6 is 0 Å². The number of carbonyl (C=O) groups excluding carboxylic acids is 2. The van der Waals surface area contributed by atoms with Gasteiger partial charge in [0, 0.05) is 12.8 Å². The first-order chi connectivity index (χ1) is 7.19. The Bertz CT molecular complexity index is 285. The van der Waals surface area contributed by atoms with Gasteiger partial charge in [-0.1, -0.05) is 12.8 Å². The second kappa shape index (κ2) is 3.95. The average Bonchev–Trinajstić information content (AvgIpc) is 2.28. The summed E-state index contributed by atoms with van der Waals surface area (Å²) in [6.07, 6.45) is 6.04. The third-order valence-electron chi connectivity index (χ3n) is 4.12. The molecule has 0 heterocycles. The van der Waals surface area contributed by atoms with Gasteiger partial charge < -0.3 is 4.74 Å². The van der Waals surface area contributed by atoms with Gasteiger partial charge in [0.25, 0.3) is 0 Å². The van der Waals surface area contributed by atoms with E-state index in [0.717, 1.165) is 25.7 Å². The first kappa shape index (κ1) is 10.7. The minimum atomic E-state index is -0.319. The second-order valence-electron chi connectivity index (χ2n) is 4.83. The molecule has 0 aromatic rings. The van der Waals surface area contributed by atoms with Crippen molar-refractivity contribution in [1.29, 1.82) is 0 Å². The van der Waals surface area contributed by atoms with Crippen LogP contribution in [0.3, 0.4) is 0 Å². The number of fused-ring (bicyclic) bond motifs is 1. The van der Waals surface area contributed by atoms with Crippen LogP contribution in [0.4, 0.5) is 0 Å². The largest absolute Gasteiger partial charge is 0.469 e. The number of methoxy groups -OCH3 is 1. The molecule has 0 spiro atoms. The predicted octanol–water partition coefficient (Wildman–Crippen LogP) is 2.09. The Labute approximate surface area is 90.2 Å². The summed E-state index contributed by atoms with van der Waals surface area (Å²) in [6.45, 7) is 0. The predicted molar refractivity (Wildman–Crippen MR) is 55.3 cm³/mol. The average molecular weight is 210 g/mol. The van der Waals surface area contributed by atoms with E-state index in [1.807, 2.05) is 0 Å². The molecular weight excluding hydrogens is 192 g/mol. The van der Waals surface area contributed by atoms with Crippen molar-refractivity contribution < 1.29 is 14.3 Å². The third-order valence-corrected chi connectivity index (χ3v) is 4.12. The van der Waals surface area contributed by atoms with E-state index in [-0.39, 0.29) is 17.3 Å². The number of rotatable bonds is 1. The number of ketones is 1. The highest BCUT2D eigenvalue weighted by atomic mass is 16.5. The van der Waals surface area contributed by atoms with Gasteiger partial charge in [-0.05, 0) is 25.2 Å². The normalized spacial score (nSPS) is 35.8. The zero-order chi connectivity index (χ0) is 10.9. The van der Waals surface area contributed by atoms with E-state index in [2.05, 4.69) is 0 Å². The maximum Gasteiger partial charge on any atom is 0.312 e. The molecule has 2 aliphatic rings. The molecule has 0 aromatic heterocycles. The van der Waals surface area contributed by atoms with Gasteiger partial charge in [-0.15, -0.1) is 0 Å². The Morgan fingerprint density at radius 3 is 2.93 bits per heavy atom. The van der Waals surface area contributed by atoms with Crippen molar-refractivity contribution in [3.63, 3.8) is 0 Å². The minimum absolute atomic E-state index is 0.0836. The molecule has 84 valence electrons. The summed E-state index contributed by atoms with van der Waals surface area (Å²) < 4.78 is 4.93. The van der Waals surface area contributed by atoms with E-state index in [4.69, 9.17) is 4.74 Å². The van der Waals surface area contributed by atoms with Crippen molar-refractivity contribution in [2.75, 3.05) is 7.11 Å². The van der Waals surface area contributed by atoms with Crippen LogP contribution in [0.25, 0.3) is 0 Å². The first-order valence-electron chi connectivity index (χ1n) is 5.79. The van der Waals surface area contributed by atoms with Crippen molar-refractivity contribution in [3.05, 3.63) is 0 Å². The van der Waals surface area contributed by atoms with Crippen molar-refractivity contribution in [2.24, 2.45) is 11.3 Å². The highest BCUT2D eigenvalue weighted by Gasteiger charge is 2.50. The molecule has 0 radical (unpaired) electrons. The summed E-state index contributed by atoms with van der Waals surface area (Å²) in [5.74, 6) is 0.487. The molecule has 15 heavy (non-hydrogen) atoms. The monoisotopic (exact) mass is 210 g/mol. The Kier molecular flexibility index (Phi) is 2.81. The van der Waals surface area contributed by atoms with Gasteiger partial charge >= 0.3 is 5.97 Å². The Hall–Kier alpha value is -0.860. The first-order valence-corrected chi connectivity index (χ1v) is 5.79. The molecule has 2 atom stereocenters. The number of Topliss-reactive ketones (excluding diaryl/α,β-unsaturated/α-hetero) is 1. The minimum Gasteiger partial charge on any atom is -0.469 e. The molecule has 0 amide bonds. The third kappa shape index (κ3) is 1.68. The fraction of sp³-hybridized carbons (Fsp3) is 0.833. The van der Waals surface area contributed by atoms with Gasteiger partial charge in [0.15, 0.2) is 0 Å². The van der Waals surface area contributed by atoms with Crippen LogP contribution in [0.2, 0.25) is 0 Å². The van der Waals surface area contributed by atoms with Crippen LogP contribution in [-0.2, 0) is 14.3 Å². The summed E-state index contributed by atoms with van der Waals surface area (Å²) in [5.41, 5.74) is -0.319. The quantitative estimate of drug-likeness (QED) is 0.622. The number of hydrogen-bond acceptors (Lipinski definition) is 3. The molecule has 2 aliphatic carbocycles. The van der Waals surface area contributed by atoms with Crippen molar-refractivity contribution in [3.8, 4) is 0 Å². The molecule has 3 nitrogen and oxygen atoms in total. The van der Waals surface area contributed by atoms with E-state index >= 15 is 0 Å². The summed E-state index contributed by atoms with van der Waals surface area (Å²) in [7, 11) is 1.46.